The summed E-state index contributed by atoms with van der Waals surface area (Å²) in [5, 5.41) is 11.3. The van der Waals surface area contributed by atoms with Gasteiger partial charge in [-0.2, -0.15) is 13.2 Å². The number of halogens is 3. The van der Waals surface area contributed by atoms with Crippen LogP contribution in [0.2, 0.25) is 0 Å². The Morgan fingerprint density at radius 2 is 2.00 bits per heavy atom. The van der Waals surface area contributed by atoms with E-state index >= 15 is 0 Å². The SMILES string of the molecule is COC(=O)/C=C(/N[C@H](CO)c1ccccc1)C(F)(F)F. The highest BCUT2D eigenvalue weighted by atomic mass is 19.4. The standard InChI is InChI=1S/C13H14F3NO3/c1-20-12(19)7-11(13(14,15)16)17-10(8-18)9-5-3-2-4-6-9/h2-7,10,17-18H,8H2,1H3/b11-7+/t10-/m1/s1. The number of aliphatic hydroxyl groups is 1. The lowest BCUT2D eigenvalue weighted by Gasteiger charge is -2.21. The molecular formula is C13H14F3NO3. The molecule has 0 fully saturated rings. The van der Waals surface area contributed by atoms with Gasteiger partial charge in [-0.25, -0.2) is 4.79 Å². The molecule has 0 unspecified atom stereocenters. The zero-order chi connectivity index (χ0) is 15.2. The molecule has 110 valence electrons. The number of ether oxygens (including phenoxy) is 1. The zero-order valence-corrected chi connectivity index (χ0v) is 10.6. The van der Waals surface area contributed by atoms with E-state index in [1.54, 1.807) is 30.3 Å². The van der Waals surface area contributed by atoms with Crippen LogP contribution in [0.4, 0.5) is 13.2 Å². The molecule has 0 spiro atoms. The Labute approximate surface area is 113 Å². The van der Waals surface area contributed by atoms with E-state index in [1.165, 1.54) is 0 Å². The smallest absolute Gasteiger partial charge is 0.431 e. The number of hydrogen-bond acceptors (Lipinski definition) is 4. The lowest BCUT2D eigenvalue weighted by molar-refractivity contribution is -0.136. The van der Waals surface area contributed by atoms with Crippen molar-refractivity contribution in [2.45, 2.75) is 12.2 Å². The summed E-state index contributed by atoms with van der Waals surface area (Å²) in [6.07, 6.45) is -4.44. The van der Waals surface area contributed by atoms with Crippen molar-refractivity contribution in [1.29, 1.82) is 0 Å². The fourth-order valence-electron chi connectivity index (χ4n) is 1.49. The van der Waals surface area contributed by atoms with Crippen LogP contribution >= 0.6 is 0 Å². The highest BCUT2D eigenvalue weighted by Crippen LogP contribution is 2.26. The Balaban J connectivity index is 2.99. The Bertz CT molecular complexity index is 471. The van der Waals surface area contributed by atoms with Gasteiger partial charge < -0.3 is 15.2 Å². The van der Waals surface area contributed by atoms with Crippen molar-refractivity contribution in [1.82, 2.24) is 5.32 Å². The van der Waals surface area contributed by atoms with Gasteiger partial charge in [-0.1, -0.05) is 30.3 Å². The van der Waals surface area contributed by atoms with Gasteiger partial charge in [0.2, 0.25) is 0 Å². The van der Waals surface area contributed by atoms with Crippen LogP contribution < -0.4 is 5.32 Å². The molecule has 0 saturated heterocycles. The van der Waals surface area contributed by atoms with Crippen molar-refractivity contribution in [2.75, 3.05) is 13.7 Å². The maximum Gasteiger partial charge on any atom is 0.431 e. The third-order valence-corrected chi connectivity index (χ3v) is 2.48. The number of nitrogens with one attached hydrogen (secondary N) is 1. The van der Waals surface area contributed by atoms with Gasteiger partial charge in [0.25, 0.3) is 0 Å². The molecule has 0 radical (unpaired) electrons. The molecular weight excluding hydrogens is 275 g/mol. The lowest BCUT2D eigenvalue weighted by Crippen LogP contribution is -2.32. The Kier molecular flexibility index (Phi) is 5.57. The number of benzene rings is 1. The molecule has 0 heterocycles. The van der Waals surface area contributed by atoms with Gasteiger partial charge in [-0.05, 0) is 5.56 Å². The van der Waals surface area contributed by atoms with Crippen molar-refractivity contribution >= 4 is 5.97 Å². The minimum Gasteiger partial charge on any atom is -0.466 e. The summed E-state index contributed by atoms with van der Waals surface area (Å²) in [6, 6.07) is 7.13. The van der Waals surface area contributed by atoms with E-state index in [9.17, 15) is 23.1 Å². The van der Waals surface area contributed by atoms with Crippen LogP contribution in [-0.4, -0.2) is 31.0 Å². The number of rotatable bonds is 5. The summed E-state index contributed by atoms with van der Waals surface area (Å²) in [6.45, 7) is -0.557. The minimum absolute atomic E-state index is 0.311. The van der Waals surface area contributed by atoms with Gasteiger partial charge in [-0.3, -0.25) is 0 Å². The summed E-state index contributed by atoms with van der Waals surface area (Å²) in [7, 11) is 0.980. The molecule has 4 nitrogen and oxygen atoms in total. The average molecular weight is 289 g/mol. The van der Waals surface area contributed by atoms with Crippen molar-refractivity contribution in [2.24, 2.45) is 0 Å². The van der Waals surface area contributed by atoms with Crippen LogP contribution in [0.15, 0.2) is 42.1 Å². The quantitative estimate of drug-likeness (QED) is 0.642. The second kappa shape index (κ2) is 6.95. The predicted octanol–water partition coefficient (Wildman–Crippen LogP) is 1.93. The fourth-order valence-corrected chi connectivity index (χ4v) is 1.49. The molecule has 0 amide bonds. The summed E-state index contributed by atoms with van der Waals surface area (Å²) < 4.78 is 42.6. The van der Waals surface area contributed by atoms with Crippen LogP contribution in [0, 0.1) is 0 Å². The Hall–Kier alpha value is -2.02. The van der Waals surface area contributed by atoms with Crippen molar-refractivity contribution in [3.05, 3.63) is 47.7 Å². The van der Waals surface area contributed by atoms with Gasteiger partial charge in [0.15, 0.2) is 0 Å². The van der Waals surface area contributed by atoms with E-state index in [2.05, 4.69) is 10.1 Å². The molecule has 1 aromatic carbocycles. The van der Waals surface area contributed by atoms with Crippen LogP contribution in [0.1, 0.15) is 11.6 Å². The van der Waals surface area contributed by atoms with Gasteiger partial charge in [-0.15, -0.1) is 0 Å². The summed E-state index contributed by atoms with van der Waals surface area (Å²) in [5.74, 6) is -1.13. The monoisotopic (exact) mass is 289 g/mol. The van der Waals surface area contributed by atoms with E-state index in [0.29, 0.717) is 11.6 Å². The topological polar surface area (TPSA) is 58.6 Å². The van der Waals surface area contributed by atoms with Crippen LogP contribution in [0.3, 0.4) is 0 Å². The van der Waals surface area contributed by atoms with Crippen LogP contribution in [0.25, 0.3) is 0 Å². The highest BCUT2D eigenvalue weighted by Gasteiger charge is 2.36. The van der Waals surface area contributed by atoms with E-state index in [0.717, 1.165) is 7.11 Å². The maximum absolute atomic E-state index is 12.8. The second-order valence-corrected chi connectivity index (χ2v) is 3.87. The normalized spacial score (nSPS) is 13.8. The fraction of sp³-hybridized carbons (Fsp3) is 0.308. The van der Waals surface area contributed by atoms with Gasteiger partial charge in [0.1, 0.15) is 5.70 Å². The van der Waals surface area contributed by atoms with Crippen molar-refractivity contribution < 1.29 is 27.8 Å². The number of alkyl halides is 3. The van der Waals surface area contributed by atoms with E-state index in [-0.39, 0.29) is 0 Å². The number of carbonyl (C=O) groups is 1. The largest absolute Gasteiger partial charge is 0.466 e. The summed E-state index contributed by atoms with van der Waals surface area (Å²) >= 11 is 0. The third kappa shape index (κ3) is 4.58. The lowest BCUT2D eigenvalue weighted by atomic mass is 10.1. The van der Waals surface area contributed by atoms with Crippen molar-refractivity contribution in [3.8, 4) is 0 Å². The molecule has 0 aliphatic heterocycles. The molecule has 0 aliphatic carbocycles. The molecule has 7 heteroatoms. The molecule has 0 bridgehead atoms. The highest BCUT2D eigenvalue weighted by molar-refractivity contribution is 5.82. The molecule has 20 heavy (non-hydrogen) atoms. The molecule has 0 aliphatic rings. The van der Waals surface area contributed by atoms with Gasteiger partial charge in [0.05, 0.1) is 25.8 Å². The molecule has 0 saturated carbocycles. The number of esters is 1. The first-order chi connectivity index (χ1) is 9.38. The van der Waals surface area contributed by atoms with Gasteiger partial charge in [0, 0.05) is 0 Å². The molecule has 1 aromatic rings. The third-order valence-electron chi connectivity index (χ3n) is 2.48. The predicted molar refractivity (Wildman–Crippen MR) is 65.6 cm³/mol. The first-order valence-electron chi connectivity index (χ1n) is 5.67. The first kappa shape index (κ1) is 16.0. The summed E-state index contributed by atoms with van der Waals surface area (Å²) in [5.41, 5.74) is -0.803. The molecule has 0 aromatic heterocycles. The number of allylic oxidation sites excluding steroid dienone is 1. The molecule has 2 N–H and O–H groups in total. The van der Waals surface area contributed by atoms with E-state index < -0.39 is 30.5 Å². The molecule has 1 atom stereocenters. The average Bonchev–Trinajstić information content (AvgIpc) is 2.42. The van der Waals surface area contributed by atoms with Crippen LogP contribution in [-0.2, 0) is 9.53 Å². The number of hydrogen-bond donors (Lipinski definition) is 2. The van der Waals surface area contributed by atoms with Gasteiger partial charge >= 0.3 is 12.1 Å². The van der Waals surface area contributed by atoms with E-state index in [4.69, 9.17) is 0 Å². The minimum atomic E-state index is -4.75. The second-order valence-electron chi connectivity index (χ2n) is 3.87. The van der Waals surface area contributed by atoms with Crippen molar-refractivity contribution in [3.63, 3.8) is 0 Å². The Morgan fingerprint density at radius 3 is 2.45 bits per heavy atom. The summed E-state index contributed by atoms with van der Waals surface area (Å²) in [4.78, 5) is 11.0. The molecule has 1 rings (SSSR count). The first-order valence-corrected chi connectivity index (χ1v) is 5.67. The van der Waals surface area contributed by atoms with Crippen LogP contribution in [0.5, 0.6) is 0 Å². The Morgan fingerprint density at radius 1 is 1.40 bits per heavy atom. The number of methoxy groups -OCH3 is 1. The zero-order valence-electron chi connectivity index (χ0n) is 10.6. The number of carbonyl (C=O) groups excluding carboxylic acids is 1. The number of aliphatic hydroxyl groups excluding tert-OH is 1. The maximum atomic E-state index is 12.8. The van der Waals surface area contributed by atoms with E-state index in [1.807, 2.05) is 0 Å².